The van der Waals surface area contributed by atoms with E-state index in [1.807, 2.05) is 0 Å². The fourth-order valence-corrected chi connectivity index (χ4v) is 4.99. The molecule has 0 saturated heterocycles. The SMILES string of the molecule is FC(F)(F)C1CCCC(NC2CCC3(CCCC3)CC2)C1. The standard InChI is InChI=1S/C17H28F3N/c18-17(19,20)13-4-3-5-15(12-13)21-14-6-10-16(11-7-14)8-1-2-9-16/h13-15,21H,1-12H2. The molecule has 21 heavy (non-hydrogen) atoms. The molecule has 122 valence electrons. The first-order valence-electron chi connectivity index (χ1n) is 8.80. The summed E-state index contributed by atoms with van der Waals surface area (Å²) in [5.74, 6) is -1.08. The van der Waals surface area contributed by atoms with Crippen LogP contribution in [-0.2, 0) is 0 Å². The highest BCUT2D eigenvalue weighted by atomic mass is 19.4. The average molecular weight is 303 g/mol. The molecule has 0 radical (unpaired) electrons. The summed E-state index contributed by atoms with van der Waals surface area (Å²) in [5.41, 5.74) is 0.610. The maximum Gasteiger partial charge on any atom is 0.391 e. The van der Waals surface area contributed by atoms with Gasteiger partial charge in [-0.2, -0.15) is 13.2 Å². The van der Waals surface area contributed by atoms with E-state index in [-0.39, 0.29) is 6.04 Å². The predicted octanol–water partition coefficient (Wildman–Crippen LogP) is 5.20. The van der Waals surface area contributed by atoms with Crippen molar-refractivity contribution in [2.24, 2.45) is 11.3 Å². The van der Waals surface area contributed by atoms with E-state index >= 15 is 0 Å². The second-order valence-corrected chi connectivity index (χ2v) is 7.75. The fraction of sp³-hybridized carbons (Fsp3) is 1.00. The van der Waals surface area contributed by atoms with Gasteiger partial charge in [0.15, 0.2) is 0 Å². The van der Waals surface area contributed by atoms with E-state index in [0.29, 0.717) is 24.3 Å². The lowest BCUT2D eigenvalue weighted by atomic mass is 9.71. The van der Waals surface area contributed by atoms with Crippen LogP contribution in [0.4, 0.5) is 13.2 Å². The minimum Gasteiger partial charge on any atom is -0.311 e. The van der Waals surface area contributed by atoms with Gasteiger partial charge in [0.2, 0.25) is 0 Å². The summed E-state index contributed by atoms with van der Waals surface area (Å²) in [4.78, 5) is 0. The minimum atomic E-state index is -4.00. The van der Waals surface area contributed by atoms with E-state index in [1.165, 1.54) is 51.4 Å². The molecular weight excluding hydrogens is 275 g/mol. The quantitative estimate of drug-likeness (QED) is 0.739. The second-order valence-electron chi connectivity index (χ2n) is 7.75. The van der Waals surface area contributed by atoms with Gasteiger partial charge >= 0.3 is 6.18 Å². The molecule has 3 fully saturated rings. The monoisotopic (exact) mass is 303 g/mol. The second kappa shape index (κ2) is 6.10. The average Bonchev–Trinajstić information content (AvgIpc) is 2.90. The summed E-state index contributed by atoms with van der Waals surface area (Å²) in [6.07, 6.45) is 8.75. The molecule has 0 aliphatic heterocycles. The predicted molar refractivity (Wildman–Crippen MR) is 78.1 cm³/mol. The first-order chi connectivity index (χ1) is 9.97. The molecule has 1 N–H and O–H groups in total. The Hall–Kier alpha value is -0.250. The van der Waals surface area contributed by atoms with Crippen LogP contribution < -0.4 is 5.32 Å². The lowest BCUT2D eigenvalue weighted by molar-refractivity contribution is -0.184. The lowest BCUT2D eigenvalue weighted by Crippen LogP contribution is -2.45. The van der Waals surface area contributed by atoms with Crippen molar-refractivity contribution in [3.63, 3.8) is 0 Å². The molecule has 1 spiro atoms. The van der Waals surface area contributed by atoms with Crippen molar-refractivity contribution in [2.75, 3.05) is 0 Å². The van der Waals surface area contributed by atoms with E-state index in [1.54, 1.807) is 0 Å². The molecule has 0 heterocycles. The molecule has 0 aromatic carbocycles. The largest absolute Gasteiger partial charge is 0.391 e. The molecule has 3 aliphatic rings. The van der Waals surface area contributed by atoms with Crippen LogP contribution in [0.2, 0.25) is 0 Å². The Bertz CT molecular complexity index is 336. The summed E-state index contributed by atoms with van der Waals surface area (Å²) >= 11 is 0. The fourth-order valence-electron chi connectivity index (χ4n) is 4.99. The highest BCUT2D eigenvalue weighted by Crippen LogP contribution is 2.49. The van der Waals surface area contributed by atoms with E-state index < -0.39 is 12.1 Å². The van der Waals surface area contributed by atoms with Crippen LogP contribution in [0.15, 0.2) is 0 Å². The van der Waals surface area contributed by atoms with Gasteiger partial charge in [0.25, 0.3) is 0 Å². The van der Waals surface area contributed by atoms with Gasteiger partial charge in [0.05, 0.1) is 5.92 Å². The number of nitrogens with one attached hydrogen (secondary N) is 1. The smallest absolute Gasteiger partial charge is 0.311 e. The van der Waals surface area contributed by atoms with E-state index in [0.717, 1.165) is 12.8 Å². The molecule has 1 nitrogen and oxygen atoms in total. The minimum absolute atomic E-state index is 0.0907. The third kappa shape index (κ3) is 3.75. The molecular formula is C17H28F3N. The molecule has 0 amide bonds. The van der Waals surface area contributed by atoms with Gasteiger partial charge in [-0.15, -0.1) is 0 Å². The Morgan fingerprint density at radius 3 is 2.05 bits per heavy atom. The van der Waals surface area contributed by atoms with Gasteiger partial charge < -0.3 is 5.32 Å². The van der Waals surface area contributed by atoms with Crippen molar-refractivity contribution in [3.05, 3.63) is 0 Å². The Morgan fingerprint density at radius 1 is 0.762 bits per heavy atom. The van der Waals surface area contributed by atoms with E-state index in [4.69, 9.17) is 0 Å². The molecule has 3 rings (SSSR count). The third-order valence-corrected chi connectivity index (χ3v) is 6.32. The number of hydrogen-bond donors (Lipinski definition) is 1. The zero-order chi connectivity index (χ0) is 14.9. The Morgan fingerprint density at radius 2 is 1.43 bits per heavy atom. The van der Waals surface area contributed by atoms with Gasteiger partial charge in [-0.05, 0) is 63.2 Å². The topological polar surface area (TPSA) is 12.0 Å². The normalized spacial score (nSPS) is 34.4. The zero-order valence-electron chi connectivity index (χ0n) is 12.9. The van der Waals surface area contributed by atoms with Gasteiger partial charge in [0, 0.05) is 12.1 Å². The van der Waals surface area contributed by atoms with Gasteiger partial charge in [-0.3, -0.25) is 0 Å². The van der Waals surface area contributed by atoms with Crippen LogP contribution in [-0.4, -0.2) is 18.3 Å². The van der Waals surface area contributed by atoms with Crippen LogP contribution in [0.3, 0.4) is 0 Å². The molecule has 2 atom stereocenters. The summed E-state index contributed by atoms with van der Waals surface area (Å²) < 4.78 is 38.6. The highest BCUT2D eigenvalue weighted by molar-refractivity contribution is 4.93. The van der Waals surface area contributed by atoms with E-state index in [2.05, 4.69) is 5.32 Å². The van der Waals surface area contributed by atoms with Crippen molar-refractivity contribution in [1.29, 1.82) is 0 Å². The summed E-state index contributed by atoms with van der Waals surface area (Å²) in [5, 5.41) is 3.57. The maximum atomic E-state index is 12.9. The molecule has 3 aliphatic carbocycles. The highest BCUT2D eigenvalue weighted by Gasteiger charge is 2.43. The van der Waals surface area contributed by atoms with Crippen molar-refractivity contribution in [1.82, 2.24) is 5.32 Å². The molecule has 0 aromatic heterocycles. The Kier molecular flexibility index (Phi) is 4.54. The van der Waals surface area contributed by atoms with Gasteiger partial charge in [-0.1, -0.05) is 19.3 Å². The van der Waals surface area contributed by atoms with Crippen LogP contribution in [0.25, 0.3) is 0 Å². The zero-order valence-corrected chi connectivity index (χ0v) is 12.9. The first kappa shape index (κ1) is 15.6. The van der Waals surface area contributed by atoms with Crippen LogP contribution >= 0.6 is 0 Å². The summed E-state index contributed by atoms with van der Waals surface area (Å²) in [7, 11) is 0. The molecule has 3 saturated carbocycles. The van der Waals surface area contributed by atoms with Crippen molar-refractivity contribution in [2.45, 2.75) is 95.3 Å². The van der Waals surface area contributed by atoms with Crippen LogP contribution in [0.5, 0.6) is 0 Å². The number of halogens is 3. The molecule has 0 bridgehead atoms. The van der Waals surface area contributed by atoms with Crippen LogP contribution in [0.1, 0.15) is 77.0 Å². The lowest BCUT2D eigenvalue weighted by Gasteiger charge is -2.40. The molecule has 2 unspecified atom stereocenters. The summed E-state index contributed by atoms with van der Waals surface area (Å²) in [6.45, 7) is 0. The van der Waals surface area contributed by atoms with Crippen molar-refractivity contribution >= 4 is 0 Å². The first-order valence-corrected chi connectivity index (χ1v) is 8.80. The third-order valence-electron chi connectivity index (χ3n) is 6.32. The van der Waals surface area contributed by atoms with Gasteiger partial charge in [-0.25, -0.2) is 0 Å². The molecule has 4 heteroatoms. The molecule has 0 aromatic rings. The Labute approximate surface area is 126 Å². The van der Waals surface area contributed by atoms with Crippen LogP contribution in [0, 0.1) is 11.3 Å². The van der Waals surface area contributed by atoms with E-state index in [9.17, 15) is 13.2 Å². The number of hydrogen-bond acceptors (Lipinski definition) is 1. The van der Waals surface area contributed by atoms with Gasteiger partial charge in [0.1, 0.15) is 0 Å². The Balaban J connectivity index is 1.47. The summed E-state index contributed by atoms with van der Waals surface area (Å²) in [6, 6.07) is 0.557. The van der Waals surface area contributed by atoms with Crippen molar-refractivity contribution in [3.8, 4) is 0 Å². The van der Waals surface area contributed by atoms with Crippen molar-refractivity contribution < 1.29 is 13.2 Å². The number of rotatable bonds is 2. The maximum absolute atomic E-state index is 12.9. The number of alkyl halides is 3.